The van der Waals surface area contributed by atoms with E-state index in [2.05, 4.69) is 67.2 Å². The van der Waals surface area contributed by atoms with Crippen LogP contribution in [0.25, 0.3) is 6.08 Å². The molecule has 0 spiro atoms. The first-order chi connectivity index (χ1) is 8.77. The number of hydrogen-bond donors (Lipinski definition) is 0. The lowest BCUT2D eigenvalue weighted by Gasteiger charge is -2.12. The van der Waals surface area contributed by atoms with E-state index in [1.165, 1.54) is 16.7 Å². The molecule has 0 radical (unpaired) electrons. The number of aliphatic imine (C=N–C) groups is 1. The maximum atomic E-state index is 4.36. The second kappa shape index (κ2) is 6.35. The summed E-state index contributed by atoms with van der Waals surface area (Å²) in [5, 5.41) is 0. The number of benzene rings is 1. The van der Waals surface area contributed by atoms with Gasteiger partial charge in [0.15, 0.2) is 0 Å². The number of nitrogens with zero attached hydrogens (tertiary/aromatic N) is 1. The highest BCUT2D eigenvalue weighted by molar-refractivity contribution is 9.12. The molecule has 0 saturated heterocycles. The van der Waals surface area contributed by atoms with E-state index in [0.29, 0.717) is 0 Å². The Bertz CT molecular complexity index is 634. The molecule has 2 heterocycles. The van der Waals surface area contributed by atoms with E-state index in [1.807, 2.05) is 18.5 Å². The number of halogens is 3. The van der Waals surface area contributed by atoms with E-state index in [0.717, 1.165) is 7.57 Å². The molecule has 98 valence electrons. The number of fused-ring (bicyclic) bond motifs is 1. The van der Waals surface area contributed by atoms with Crippen LogP contribution in [-0.2, 0) is 0 Å². The summed E-state index contributed by atoms with van der Waals surface area (Å²) in [4.78, 5) is 4.36. The molecular formula is C14H10Br2ClNS. The van der Waals surface area contributed by atoms with Gasteiger partial charge in [0, 0.05) is 23.9 Å². The summed E-state index contributed by atoms with van der Waals surface area (Å²) in [6.07, 6.45) is 5.91. The highest BCUT2D eigenvalue weighted by Crippen LogP contribution is 2.44. The molecule has 0 fully saturated rings. The molecule has 0 N–H and O–H groups in total. The van der Waals surface area contributed by atoms with Crippen LogP contribution >= 0.6 is 55.6 Å². The summed E-state index contributed by atoms with van der Waals surface area (Å²) in [6, 6.07) is 10.5. The van der Waals surface area contributed by atoms with Gasteiger partial charge >= 0.3 is 0 Å². The molecule has 0 bridgehead atoms. The molecule has 0 saturated carbocycles. The van der Waals surface area contributed by atoms with E-state index in [1.54, 1.807) is 11.3 Å². The molecule has 1 atom stereocenters. The standard InChI is InChI=1S/C14H9Br2NS.ClH/c15-13-10-6-7-17-8-11(12(10)14(16)18-13)9-4-2-1-3-5-9;/h1-8,11H;1H. The lowest BCUT2D eigenvalue weighted by molar-refractivity contribution is 1.10. The Morgan fingerprint density at radius 1 is 1.05 bits per heavy atom. The molecule has 1 unspecified atom stereocenters. The SMILES string of the molecule is Brc1sc(Br)c2c1C=CN=CC2c1ccccc1.Cl. The van der Waals surface area contributed by atoms with Gasteiger partial charge in [-0.15, -0.1) is 23.7 Å². The quantitative estimate of drug-likeness (QED) is 0.547. The van der Waals surface area contributed by atoms with Crippen LogP contribution in [0.5, 0.6) is 0 Å². The van der Waals surface area contributed by atoms with Gasteiger partial charge in [0.25, 0.3) is 0 Å². The van der Waals surface area contributed by atoms with Crippen LogP contribution in [0.3, 0.4) is 0 Å². The van der Waals surface area contributed by atoms with Gasteiger partial charge in [0.2, 0.25) is 0 Å². The molecule has 19 heavy (non-hydrogen) atoms. The van der Waals surface area contributed by atoms with Crippen LogP contribution < -0.4 is 0 Å². The van der Waals surface area contributed by atoms with Crippen molar-refractivity contribution in [3.63, 3.8) is 0 Å². The average Bonchev–Trinajstić information content (AvgIpc) is 2.58. The van der Waals surface area contributed by atoms with E-state index >= 15 is 0 Å². The fourth-order valence-corrected chi connectivity index (χ4v) is 5.31. The number of rotatable bonds is 1. The molecule has 0 amide bonds. The van der Waals surface area contributed by atoms with Crippen LogP contribution in [0.1, 0.15) is 22.6 Å². The second-order valence-electron chi connectivity index (χ2n) is 3.98. The topological polar surface area (TPSA) is 12.4 Å². The van der Waals surface area contributed by atoms with Crippen LogP contribution in [0.2, 0.25) is 0 Å². The summed E-state index contributed by atoms with van der Waals surface area (Å²) >= 11 is 9.00. The summed E-state index contributed by atoms with van der Waals surface area (Å²) in [6.45, 7) is 0. The van der Waals surface area contributed by atoms with E-state index in [4.69, 9.17) is 0 Å². The van der Waals surface area contributed by atoms with E-state index < -0.39 is 0 Å². The van der Waals surface area contributed by atoms with Crippen molar-refractivity contribution < 1.29 is 0 Å². The van der Waals surface area contributed by atoms with Crippen molar-refractivity contribution in [1.82, 2.24) is 0 Å². The summed E-state index contributed by atoms with van der Waals surface area (Å²) < 4.78 is 2.31. The summed E-state index contributed by atoms with van der Waals surface area (Å²) in [5.74, 6) is 0.202. The highest BCUT2D eigenvalue weighted by Gasteiger charge is 2.23. The van der Waals surface area contributed by atoms with Gasteiger partial charge in [-0.3, -0.25) is 4.99 Å². The van der Waals surface area contributed by atoms with Gasteiger partial charge in [-0.1, -0.05) is 30.3 Å². The fraction of sp³-hybridized carbons (Fsp3) is 0.0714. The summed E-state index contributed by atoms with van der Waals surface area (Å²) in [7, 11) is 0. The zero-order valence-corrected chi connectivity index (χ0v) is 14.5. The minimum Gasteiger partial charge on any atom is -0.268 e. The zero-order valence-electron chi connectivity index (χ0n) is 9.72. The van der Waals surface area contributed by atoms with Gasteiger partial charge < -0.3 is 0 Å². The van der Waals surface area contributed by atoms with Crippen molar-refractivity contribution in [2.45, 2.75) is 5.92 Å². The smallest absolute Gasteiger partial charge is 0.0786 e. The molecule has 1 aromatic heterocycles. The summed E-state index contributed by atoms with van der Waals surface area (Å²) in [5.41, 5.74) is 3.77. The number of thiophene rings is 1. The molecule has 0 aliphatic carbocycles. The van der Waals surface area contributed by atoms with Crippen LogP contribution in [-0.4, -0.2) is 6.21 Å². The Labute approximate surface area is 139 Å². The van der Waals surface area contributed by atoms with Gasteiger partial charge in [-0.05, 0) is 49.1 Å². The van der Waals surface area contributed by atoms with Gasteiger partial charge in [0.1, 0.15) is 0 Å². The van der Waals surface area contributed by atoms with E-state index in [9.17, 15) is 0 Å². The lowest BCUT2D eigenvalue weighted by atomic mass is 9.92. The Hall–Kier alpha value is -0.420. The molecule has 2 aromatic rings. The normalized spacial score (nSPS) is 16.6. The Kier molecular flexibility index (Phi) is 5.01. The second-order valence-corrected chi connectivity index (χ2v) is 7.64. The monoisotopic (exact) mass is 417 g/mol. The molecule has 5 heteroatoms. The van der Waals surface area contributed by atoms with Crippen molar-refractivity contribution in [3.05, 3.63) is 60.8 Å². The predicted molar refractivity (Wildman–Crippen MR) is 92.8 cm³/mol. The first kappa shape index (κ1) is 15.0. The first-order valence-electron chi connectivity index (χ1n) is 5.50. The lowest BCUT2D eigenvalue weighted by Crippen LogP contribution is -2.02. The fourth-order valence-electron chi connectivity index (χ4n) is 2.09. The Balaban J connectivity index is 0.00000133. The van der Waals surface area contributed by atoms with Gasteiger partial charge in [-0.25, -0.2) is 0 Å². The minimum absolute atomic E-state index is 0. The van der Waals surface area contributed by atoms with Gasteiger partial charge in [-0.2, -0.15) is 0 Å². The van der Waals surface area contributed by atoms with Crippen molar-refractivity contribution in [3.8, 4) is 0 Å². The highest BCUT2D eigenvalue weighted by atomic mass is 79.9. The number of hydrogen-bond acceptors (Lipinski definition) is 2. The molecule has 1 aromatic carbocycles. The Morgan fingerprint density at radius 3 is 2.53 bits per heavy atom. The third-order valence-corrected chi connectivity index (χ3v) is 5.55. The third-order valence-electron chi connectivity index (χ3n) is 2.92. The van der Waals surface area contributed by atoms with Crippen LogP contribution in [0.15, 0.2) is 49.1 Å². The molecular weight excluding hydrogens is 409 g/mol. The molecule has 1 aliphatic heterocycles. The molecule has 1 aliphatic rings. The van der Waals surface area contributed by atoms with Crippen molar-refractivity contribution in [2.75, 3.05) is 0 Å². The zero-order chi connectivity index (χ0) is 12.5. The maximum absolute atomic E-state index is 4.36. The molecule has 1 nitrogen and oxygen atoms in total. The third kappa shape index (κ3) is 2.87. The van der Waals surface area contributed by atoms with E-state index in [-0.39, 0.29) is 18.3 Å². The predicted octanol–water partition coefficient (Wildman–Crippen LogP) is 5.88. The van der Waals surface area contributed by atoms with Crippen LogP contribution in [0.4, 0.5) is 0 Å². The van der Waals surface area contributed by atoms with Crippen LogP contribution in [0, 0.1) is 0 Å². The first-order valence-corrected chi connectivity index (χ1v) is 7.90. The van der Waals surface area contributed by atoms with Crippen molar-refractivity contribution in [1.29, 1.82) is 0 Å². The van der Waals surface area contributed by atoms with Gasteiger partial charge in [0.05, 0.1) is 7.57 Å². The van der Waals surface area contributed by atoms with Crippen molar-refractivity contribution >= 4 is 67.9 Å². The largest absolute Gasteiger partial charge is 0.268 e. The average molecular weight is 420 g/mol. The van der Waals surface area contributed by atoms with Crippen molar-refractivity contribution in [2.24, 2.45) is 4.99 Å². The minimum atomic E-state index is 0. The Morgan fingerprint density at radius 2 is 1.79 bits per heavy atom. The molecule has 3 rings (SSSR count). The maximum Gasteiger partial charge on any atom is 0.0786 e.